The van der Waals surface area contributed by atoms with Gasteiger partial charge in [-0.25, -0.2) is 18.2 Å². The van der Waals surface area contributed by atoms with Crippen molar-refractivity contribution in [3.8, 4) is 11.5 Å². The van der Waals surface area contributed by atoms with Crippen LogP contribution in [-0.4, -0.2) is 24.2 Å². The van der Waals surface area contributed by atoms with Gasteiger partial charge in [-0.3, -0.25) is 0 Å². The number of nitrogens with one attached hydrogen (secondary N) is 2. The average Bonchev–Trinajstić information content (AvgIpc) is 2.69. The summed E-state index contributed by atoms with van der Waals surface area (Å²) >= 11 is 0. The van der Waals surface area contributed by atoms with Gasteiger partial charge >= 0.3 is 0 Å². The Balaban J connectivity index is 1.83. The molecule has 0 spiro atoms. The van der Waals surface area contributed by atoms with E-state index in [0.29, 0.717) is 17.2 Å². The molecule has 9 heteroatoms. The molecule has 0 unspecified atom stereocenters. The van der Waals surface area contributed by atoms with Crippen molar-refractivity contribution in [1.29, 1.82) is 0 Å². The Labute approximate surface area is 153 Å². The van der Waals surface area contributed by atoms with Crippen LogP contribution in [0.15, 0.2) is 42.6 Å². The molecule has 0 saturated carbocycles. The van der Waals surface area contributed by atoms with E-state index >= 15 is 0 Å². The fraction of sp³-hybridized carbons (Fsp3) is 0.111. The van der Waals surface area contributed by atoms with E-state index in [1.54, 1.807) is 18.2 Å². The highest BCUT2D eigenvalue weighted by Gasteiger charge is 2.14. The van der Waals surface area contributed by atoms with Gasteiger partial charge in [0, 0.05) is 12.3 Å². The number of rotatable bonds is 6. The van der Waals surface area contributed by atoms with Gasteiger partial charge < -0.3 is 20.1 Å². The van der Waals surface area contributed by atoms with Crippen LogP contribution in [0, 0.1) is 17.5 Å². The summed E-state index contributed by atoms with van der Waals surface area (Å²) in [5, 5.41) is 5.55. The molecule has 0 atom stereocenters. The molecule has 0 aliphatic rings. The van der Waals surface area contributed by atoms with Crippen molar-refractivity contribution < 1.29 is 22.6 Å². The summed E-state index contributed by atoms with van der Waals surface area (Å²) in [6.45, 7) is 0. The van der Waals surface area contributed by atoms with Gasteiger partial charge in [0.2, 0.25) is 5.95 Å². The topological polar surface area (TPSA) is 68.3 Å². The lowest BCUT2D eigenvalue weighted by molar-refractivity contribution is 0.395. The third-order valence-electron chi connectivity index (χ3n) is 3.61. The quantitative estimate of drug-likeness (QED) is 0.622. The second kappa shape index (κ2) is 7.81. The molecule has 0 bridgehead atoms. The minimum atomic E-state index is -1.56. The maximum Gasteiger partial charge on any atom is 0.229 e. The average molecular weight is 376 g/mol. The fourth-order valence-electron chi connectivity index (χ4n) is 2.27. The minimum absolute atomic E-state index is 0.185. The van der Waals surface area contributed by atoms with Gasteiger partial charge in [-0.2, -0.15) is 4.98 Å². The summed E-state index contributed by atoms with van der Waals surface area (Å²) in [7, 11) is 3.04. The SMILES string of the molecule is COc1ccc(Nc2nccc(Nc3ccc(F)c(F)c3F)n2)c(OC)c1. The second-order valence-corrected chi connectivity index (χ2v) is 5.30. The zero-order chi connectivity index (χ0) is 19.4. The Kier molecular flexibility index (Phi) is 5.30. The monoisotopic (exact) mass is 376 g/mol. The minimum Gasteiger partial charge on any atom is -0.497 e. The number of aromatic nitrogens is 2. The van der Waals surface area contributed by atoms with Crippen LogP contribution in [0.3, 0.4) is 0 Å². The van der Waals surface area contributed by atoms with Crippen molar-refractivity contribution >= 4 is 23.1 Å². The molecule has 0 fully saturated rings. The number of anilines is 4. The first-order valence-corrected chi connectivity index (χ1v) is 7.74. The summed E-state index contributed by atoms with van der Waals surface area (Å²) in [4.78, 5) is 8.24. The number of benzene rings is 2. The smallest absolute Gasteiger partial charge is 0.229 e. The molecule has 0 aliphatic carbocycles. The number of methoxy groups -OCH3 is 2. The molecule has 0 aliphatic heterocycles. The molecule has 0 radical (unpaired) electrons. The first-order chi connectivity index (χ1) is 13.0. The fourth-order valence-corrected chi connectivity index (χ4v) is 2.27. The third kappa shape index (κ3) is 4.02. The van der Waals surface area contributed by atoms with Crippen LogP contribution in [0.4, 0.5) is 36.3 Å². The highest BCUT2D eigenvalue weighted by Crippen LogP contribution is 2.31. The van der Waals surface area contributed by atoms with Crippen LogP contribution in [0.1, 0.15) is 0 Å². The van der Waals surface area contributed by atoms with Crippen molar-refractivity contribution in [3.05, 3.63) is 60.0 Å². The van der Waals surface area contributed by atoms with Crippen LogP contribution in [-0.2, 0) is 0 Å². The second-order valence-electron chi connectivity index (χ2n) is 5.30. The Hall–Kier alpha value is -3.49. The van der Waals surface area contributed by atoms with E-state index in [9.17, 15) is 13.2 Å². The van der Waals surface area contributed by atoms with E-state index in [-0.39, 0.29) is 17.5 Å². The van der Waals surface area contributed by atoms with Crippen molar-refractivity contribution in [3.63, 3.8) is 0 Å². The molecule has 2 N–H and O–H groups in total. The summed E-state index contributed by atoms with van der Waals surface area (Å²) in [6, 6.07) is 8.48. The highest BCUT2D eigenvalue weighted by molar-refractivity contribution is 5.65. The number of hydrogen-bond donors (Lipinski definition) is 2. The van der Waals surface area contributed by atoms with Gasteiger partial charge in [-0.05, 0) is 30.3 Å². The number of hydrogen-bond acceptors (Lipinski definition) is 6. The van der Waals surface area contributed by atoms with Gasteiger partial charge in [0.15, 0.2) is 17.5 Å². The predicted molar refractivity (Wildman–Crippen MR) is 94.5 cm³/mol. The molecule has 6 nitrogen and oxygen atoms in total. The van der Waals surface area contributed by atoms with Crippen molar-refractivity contribution in [2.75, 3.05) is 24.9 Å². The molecule has 0 saturated heterocycles. The van der Waals surface area contributed by atoms with E-state index < -0.39 is 17.5 Å². The predicted octanol–water partition coefficient (Wildman–Crippen LogP) is 4.40. The lowest BCUT2D eigenvalue weighted by atomic mass is 10.2. The third-order valence-corrected chi connectivity index (χ3v) is 3.61. The first kappa shape index (κ1) is 18.3. The van der Waals surface area contributed by atoms with Crippen LogP contribution >= 0.6 is 0 Å². The molecule has 3 rings (SSSR count). The van der Waals surface area contributed by atoms with E-state index in [2.05, 4.69) is 20.6 Å². The van der Waals surface area contributed by atoms with Gasteiger partial charge in [0.1, 0.15) is 17.3 Å². The van der Waals surface area contributed by atoms with Gasteiger partial charge in [0.25, 0.3) is 0 Å². The number of halogens is 3. The summed E-state index contributed by atoms with van der Waals surface area (Å²) in [6.07, 6.45) is 1.42. The van der Waals surface area contributed by atoms with Crippen molar-refractivity contribution in [2.45, 2.75) is 0 Å². The highest BCUT2D eigenvalue weighted by atomic mass is 19.2. The molecule has 1 heterocycles. The lowest BCUT2D eigenvalue weighted by Crippen LogP contribution is -2.03. The molecule has 3 aromatic rings. The maximum atomic E-state index is 13.8. The Morgan fingerprint density at radius 2 is 1.63 bits per heavy atom. The van der Waals surface area contributed by atoms with Crippen LogP contribution in [0.5, 0.6) is 11.5 Å². The lowest BCUT2D eigenvalue weighted by Gasteiger charge is -2.12. The van der Waals surface area contributed by atoms with E-state index in [1.165, 1.54) is 26.5 Å². The molecule has 27 heavy (non-hydrogen) atoms. The molecule has 0 amide bonds. The first-order valence-electron chi connectivity index (χ1n) is 7.74. The van der Waals surface area contributed by atoms with E-state index in [4.69, 9.17) is 9.47 Å². The standard InChI is InChI=1S/C18H15F3N4O2/c1-26-10-3-5-12(14(9-10)27-2)24-18-22-8-7-15(25-18)23-13-6-4-11(19)16(20)17(13)21/h3-9H,1-2H3,(H2,22,23,24,25). The molecule has 140 valence electrons. The molecule has 1 aromatic heterocycles. The molecular weight excluding hydrogens is 361 g/mol. The van der Waals surface area contributed by atoms with E-state index in [1.807, 2.05) is 0 Å². The Morgan fingerprint density at radius 3 is 2.37 bits per heavy atom. The zero-order valence-electron chi connectivity index (χ0n) is 14.4. The van der Waals surface area contributed by atoms with Gasteiger partial charge in [0.05, 0.1) is 25.6 Å². The number of nitrogens with zero attached hydrogens (tertiary/aromatic N) is 2. The van der Waals surface area contributed by atoms with Crippen molar-refractivity contribution in [1.82, 2.24) is 9.97 Å². The van der Waals surface area contributed by atoms with Crippen LogP contribution in [0.2, 0.25) is 0 Å². The maximum absolute atomic E-state index is 13.8. The van der Waals surface area contributed by atoms with E-state index in [0.717, 1.165) is 12.1 Å². The largest absolute Gasteiger partial charge is 0.497 e. The Bertz CT molecular complexity index is 969. The van der Waals surface area contributed by atoms with Gasteiger partial charge in [-0.1, -0.05) is 0 Å². The number of ether oxygens (including phenoxy) is 2. The summed E-state index contributed by atoms with van der Waals surface area (Å²) in [5.41, 5.74) is 0.329. The Morgan fingerprint density at radius 1 is 0.852 bits per heavy atom. The summed E-state index contributed by atoms with van der Waals surface area (Å²) < 4.78 is 50.6. The van der Waals surface area contributed by atoms with Crippen LogP contribution in [0.25, 0.3) is 0 Å². The van der Waals surface area contributed by atoms with Crippen LogP contribution < -0.4 is 20.1 Å². The molecule has 2 aromatic carbocycles. The van der Waals surface area contributed by atoms with Crippen molar-refractivity contribution in [2.24, 2.45) is 0 Å². The normalized spacial score (nSPS) is 10.4. The zero-order valence-corrected chi connectivity index (χ0v) is 14.4. The molecular formula is C18H15F3N4O2. The summed E-state index contributed by atoms with van der Waals surface area (Å²) in [5.74, 6) is -2.67. The van der Waals surface area contributed by atoms with Gasteiger partial charge in [-0.15, -0.1) is 0 Å².